The largest absolute Gasteiger partial charge is 0.396 e. The quantitative estimate of drug-likeness (QED) is 0.217. The van der Waals surface area contributed by atoms with Gasteiger partial charge in [0.05, 0.1) is 16.7 Å². The molecule has 39 heavy (non-hydrogen) atoms. The maximum atomic E-state index is 14.3. The lowest BCUT2D eigenvalue weighted by Gasteiger charge is -2.50. The molecule has 212 valence electrons. The third-order valence-electron chi connectivity index (χ3n) is 8.42. The molecule has 1 amide bonds. The third kappa shape index (κ3) is 6.71. The van der Waals surface area contributed by atoms with Crippen LogP contribution in [0.5, 0.6) is 0 Å². The van der Waals surface area contributed by atoms with E-state index < -0.39 is 15.4 Å². The molecule has 0 spiro atoms. The van der Waals surface area contributed by atoms with Crippen LogP contribution in [0.2, 0.25) is 10.0 Å². The molecule has 1 aliphatic heterocycles. The van der Waals surface area contributed by atoms with Crippen LogP contribution >= 0.6 is 23.2 Å². The maximum Gasteiger partial charge on any atom is 0.229 e. The van der Waals surface area contributed by atoms with E-state index in [1.54, 1.807) is 6.08 Å². The van der Waals surface area contributed by atoms with Crippen molar-refractivity contribution in [3.8, 4) is 0 Å². The Labute approximate surface area is 242 Å². The molecule has 0 bridgehead atoms. The standard InChI is InChI=1S/C30H38Cl2N2O4S/c1-3-14-30(15-17-35)20-26(22-8-6-9-25(32)18-22)28(21-10-12-24(31)13-11-21)34(29(30)36)16-5-4-7-23-19-27(23)39(37,38)33-2/h3,6,8-13,18,23,26-28,33,35H,1,4-5,7,14-17,19-20H2,2H3/t23?,26-,27+,28-,30+/m1/s1. The average molecular weight is 594 g/mol. The van der Waals surface area contributed by atoms with E-state index in [0.29, 0.717) is 42.3 Å². The first-order valence-corrected chi connectivity index (χ1v) is 15.9. The van der Waals surface area contributed by atoms with E-state index in [-0.39, 0.29) is 35.6 Å². The van der Waals surface area contributed by atoms with E-state index in [4.69, 9.17) is 23.2 Å². The van der Waals surface area contributed by atoms with Gasteiger partial charge in [-0.25, -0.2) is 13.1 Å². The minimum Gasteiger partial charge on any atom is -0.396 e. The average Bonchev–Trinajstić information content (AvgIpc) is 3.70. The molecule has 2 aliphatic rings. The topological polar surface area (TPSA) is 86.7 Å². The van der Waals surface area contributed by atoms with Crippen LogP contribution in [-0.2, 0) is 14.8 Å². The lowest BCUT2D eigenvalue weighted by molar-refractivity contribution is -0.153. The van der Waals surface area contributed by atoms with Crippen LogP contribution in [0.4, 0.5) is 0 Å². The number of benzene rings is 2. The number of hydrogen-bond acceptors (Lipinski definition) is 4. The number of halogens is 2. The predicted molar refractivity (Wildman–Crippen MR) is 157 cm³/mol. The summed E-state index contributed by atoms with van der Waals surface area (Å²) in [6.07, 6.45) is 6.24. The minimum atomic E-state index is -3.23. The molecule has 2 fully saturated rings. The number of nitrogens with zero attached hydrogens (tertiary/aromatic N) is 1. The van der Waals surface area contributed by atoms with Crippen molar-refractivity contribution in [2.75, 3.05) is 20.2 Å². The van der Waals surface area contributed by atoms with Crippen molar-refractivity contribution in [1.29, 1.82) is 0 Å². The highest BCUT2D eigenvalue weighted by atomic mass is 35.5. The van der Waals surface area contributed by atoms with Gasteiger partial charge in [-0.15, -0.1) is 6.58 Å². The third-order valence-corrected chi connectivity index (χ3v) is 10.9. The molecular formula is C30H38Cl2N2O4S. The van der Waals surface area contributed by atoms with E-state index in [0.717, 1.165) is 30.4 Å². The van der Waals surface area contributed by atoms with Gasteiger partial charge in [-0.2, -0.15) is 0 Å². The Bertz CT molecular complexity index is 1270. The van der Waals surface area contributed by atoms with Crippen LogP contribution in [-0.4, -0.2) is 49.8 Å². The summed E-state index contributed by atoms with van der Waals surface area (Å²) in [7, 11) is -1.77. The van der Waals surface area contributed by atoms with Gasteiger partial charge in [-0.3, -0.25) is 4.79 Å². The number of carbonyl (C=O) groups excluding carboxylic acids is 1. The molecule has 4 rings (SSSR count). The molecule has 1 unspecified atom stereocenters. The minimum absolute atomic E-state index is 0.0248. The Morgan fingerprint density at radius 1 is 1.13 bits per heavy atom. The highest BCUT2D eigenvalue weighted by Crippen LogP contribution is 2.53. The molecule has 0 aromatic heterocycles. The fourth-order valence-corrected chi connectivity index (χ4v) is 8.10. The summed E-state index contributed by atoms with van der Waals surface area (Å²) in [5.41, 5.74) is 1.27. The van der Waals surface area contributed by atoms with Crippen LogP contribution in [0, 0.1) is 11.3 Å². The van der Waals surface area contributed by atoms with E-state index in [2.05, 4.69) is 17.4 Å². The molecule has 2 N–H and O–H groups in total. The number of carbonyl (C=O) groups is 1. The highest BCUT2D eigenvalue weighted by molar-refractivity contribution is 7.90. The van der Waals surface area contributed by atoms with Crippen LogP contribution in [0.25, 0.3) is 0 Å². The molecule has 2 aromatic rings. The molecular weight excluding hydrogens is 555 g/mol. The number of unbranched alkanes of at least 4 members (excludes halogenated alkanes) is 1. The van der Waals surface area contributed by atoms with Crippen molar-refractivity contribution in [3.63, 3.8) is 0 Å². The van der Waals surface area contributed by atoms with Crippen LogP contribution in [0.1, 0.15) is 68.0 Å². The number of allylic oxidation sites excluding steroid dienone is 1. The Kier molecular flexibility index (Phi) is 9.82. The first-order valence-electron chi connectivity index (χ1n) is 13.6. The smallest absolute Gasteiger partial charge is 0.229 e. The number of nitrogens with one attached hydrogen (secondary N) is 1. The van der Waals surface area contributed by atoms with E-state index in [9.17, 15) is 18.3 Å². The second-order valence-electron chi connectivity index (χ2n) is 10.9. The summed E-state index contributed by atoms with van der Waals surface area (Å²) in [5.74, 6) is 0.138. The van der Waals surface area contributed by atoms with E-state index in [1.807, 2.05) is 47.4 Å². The Morgan fingerprint density at radius 3 is 2.51 bits per heavy atom. The van der Waals surface area contributed by atoms with Crippen molar-refractivity contribution in [2.45, 2.75) is 62.2 Å². The second-order valence-corrected chi connectivity index (χ2v) is 13.9. The Morgan fingerprint density at radius 2 is 1.87 bits per heavy atom. The van der Waals surface area contributed by atoms with E-state index in [1.165, 1.54) is 7.05 Å². The van der Waals surface area contributed by atoms with Crippen molar-refractivity contribution >= 4 is 39.1 Å². The lowest BCUT2D eigenvalue weighted by Crippen LogP contribution is -2.53. The summed E-state index contributed by atoms with van der Waals surface area (Å²) in [6, 6.07) is 15.2. The molecule has 6 nitrogen and oxygen atoms in total. The second kappa shape index (κ2) is 12.7. The zero-order valence-corrected chi connectivity index (χ0v) is 24.7. The molecule has 1 saturated carbocycles. The van der Waals surface area contributed by atoms with Crippen LogP contribution in [0.3, 0.4) is 0 Å². The molecule has 1 saturated heterocycles. The van der Waals surface area contributed by atoms with Crippen LogP contribution < -0.4 is 4.72 Å². The summed E-state index contributed by atoms with van der Waals surface area (Å²) in [6.45, 7) is 4.37. The molecule has 0 radical (unpaired) electrons. The summed E-state index contributed by atoms with van der Waals surface area (Å²) in [4.78, 5) is 16.3. The monoisotopic (exact) mass is 592 g/mol. The molecule has 1 heterocycles. The van der Waals surface area contributed by atoms with Crippen LogP contribution in [0.15, 0.2) is 61.2 Å². The lowest BCUT2D eigenvalue weighted by atomic mass is 9.65. The zero-order chi connectivity index (χ0) is 28.2. The van der Waals surface area contributed by atoms with Crippen molar-refractivity contribution < 1.29 is 18.3 Å². The Balaban J connectivity index is 1.65. The zero-order valence-electron chi connectivity index (χ0n) is 22.4. The van der Waals surface area contributed by atoms with Gasteiger partial charge >= 0.3 is 0 Å². The van der Waals surface area contributed by atoms with Gasteiger partial charge in [0, 0.05) is 29.1 Å². The number of sulfonamides is 1. The maximum absolute atomic E-state index is 14.3. The number of aliphatic hydroxyl groups excluding tert-OH is 1. The van der Waals surface area contributed by atoms with Crippen molar-refractivity contribution in [3.05, 3.63) is 82.4 Å². The SMILES string of the molecule is C=CC[C@]1(CCO)C[C@H](c2cccc(Cl)c2)[C@@H](c2ccc(Cl)cc2)N(CCCCC2C[C@@H]2S(=O)(=O)NC)C1=O. The number of aliphatic hydroxyl groups is 1. The normalized spacial score (nSPS) is 27.0. The fourth-order valence-electron chi connectivity index (χ4n) is 6.33. The van der Waals surface area contributed by atoms with Gasteiger partial charge in [0.25, 0.3) is 0 Å². The van der Waals surface area contributed by atoms with Gasteiger partial charge in [-0.1, -0.05) is 60.0 Å². The van der Waals surface area contributed by atoms with Crippen molar-refractivity contribution in [2.24, 2.45) is 11.3 Å². The predicted octanol–water partition coefficient (Wildman–Crippen LogP) is 6.10. The number of rotatable bonds is 13. The molecule has 2 aromatic carbocycles. The summed E-state index contributed by atoms with van der Waals surface area (Å²) < 4.78 is 26.6. The van der Waals surface area contributed by atoms with Gasteiger partial charge in [0.2, 0.25) is 15.9 Å². The molecule has 9 heteroatoms. The van der Waals surface area contributed by atoms with Gasteiger partial charge in [0.1, 0.15) is 0 Å². The van der Waals surface area contributed by atoms with Gasteiger partial charge in [0.15, 0.2) is 0 Å². The number of amides is 1. The van der Waals surface area contributed by atoms with Crippen molar-refractivity contribution in [1.82, 2.24) is 9.62 Å². The highest BCUT2D eigenvalue weighted by Gasteiger charge is 2.51. The first-order chi connectivity index (χ1) is 18.7. The summed E-state index contributed by atoms with van der Waals surface area (Å²) in [5, 5.41) is 11.0. The molecule has 5 atom stereocenters. The number of piperidine rings is 1. The number of hydrogen-bond donors (Lipinski definition) is 2. The van der Waals surface area contributed by atoms with Gasteiger partial charge < -0.3 is 10.0 Å². The fraction of sp³-hybridized carbons (Fsp3) is 0.500. The number of likely N-dealkylation sites (tertiary alicyclic amines) is 1. The Hall–Kier alpha value is -1.90. The summed E-state index contributed by atoms with van der Waals surface area (Å²) >= 11 is 12.7. The van der Waals surface area contributed by atoms with E-state index >= 15 is 0 Å². The molecule has 1 aliphatic carbocycles. The first kappa shape index (κ1) is 30.1. The van der Waals surface area contributed by atoms with Gasteiger partial charge in [-0.05, 0) is 86.9 Å².